The van der Waals surface area contributed by atoms with Crippen molar-refractivity contribution in [3.8, 4) is 11.3 Å². The van der Waals surface area contributed by atoms with E-state index in [-0.39, 0.29) is 11.7 Å². The third-order valence-corrected chi connectivity index (χ3v) is 5.92. The van der Waals surface area contributed by atoms with Gasteiger partial charge in [-0.15, -0.1) is 11.3 Å². The van der Waals surface area contributed by atoms with Gasteiger partial charge in [-0.1, -0.05) is 18.2 Å². The van der Waals surface area contributed by atoms with Crippen molar-refractivity contribution in [3.63, 3.8) is 0 Å². The Bertz CT molecular complexity index is 1250. The molecule has 0 atom stereocenters. The van der Waals surface area contributed by atoms with Gasteiger partial charge in [0.1, 0.15) is 5.82 Å². The Morgan fingerprint density at radius 3 is 2.74 bits per heavy atom. The number of hydrogen-bond acceptors (Lipinski definition) is 6. The molecule has 1 aliphatic carbocycles. The van der Waals surface area contributed by atoms with Crippen molar-refractivity contribution in [1.29, 1.82) is 0 Å². The Morgan fingerprint density at radius 1 is 1.06 bits per heavy atom. The summed E-state index contributed by atoms with van der Waals surface area (Å²) in [5.74, 6) is 0.249. The van der Waals surface area contributed by atoms with Crippen LogP contribution in [0.25, 0.3) is 11.3 Å². The number of carbonyl (C=O) groups excluding carboxylic acids is 2. The normalized spacial score (nSPS) is 13.0. The standard InChI is InChI=1S/C23H19N5O2S/c29-17-8-4-7-16-19(17)21(26-15-5-2-1-3-6-15)20(27-16)14-9-10-24-18(13-14)28-22(30)23-25-11-12-31-23/h1-3,5-6,9-13,26-27H,4,7-8H2,(H,24,28,30). The fourth-order valence-corrected chi connectivity index (χ4v) is 4.30. The van der Waals surface area contributed by atoms with Crippen molar-refractivity contribution < 1.29 is 9.59 Å². The quantitative estimate of drug-likeness (QED) is 0.412. The number of ketones is 1. The number of pyridine rings is 1. The molecule has 1 aliphatic rings. The fourth-order valence-electron chi connectivity index (χ4n) is 3.76. The number of nitrogens with zero attached hydrogens (tertiary/aromatic N) is 2. The van der Waals surface area contributed by atoms with Crippen LogP contribution in [0.15, 0.2) is 60.2 Å². The molecule has 0 unspecified atom stereocenters. The topological polar surface area (TPSA) is 99.8 Å². The molecule has 1 aromatic carbocycles. The minimum atomic E-state index is -0.303. The number of hydrogen-bond donors (Lipinski definition) is 3. The largest absolute Gasteiger partial charge is 0.356 e. The SMILES string of the molecule is O=C(Nc1cc(-c2[nH]c3c(c2Nc2ccccc2)C(=O)CCC3)ccn1)c1nccs1. The van der Waals surface area contributed by atoms with Gasteiger partial charge in [0.05, 0.1) is 16.9 Å². The van der Waals surface area contributed by atoms with E-state index in [1.165, 1.54) is 11.3 Å². The van der Waals surface area contributed by atoms with Crippen LogP contribution in [0, 0.1) is 0 Å². The van der Waals surface area contributed by atoms with E-state index in [1.807, 2.05) is 36.4 Å². The van der Waals surface area contributed by atoms with Crippen LogP contribution in [-0.2, 0) is 6.42 Å². The van der Waals surface area contributed by atoms with E-state index >= 15 is 0 Å². The Balaban J connectivity index is 1.54. The number of aromatic nitrogens is 3. The second kappa shape index (κ2) is 8.16. The molecule has 7 nitrogen and oxygen atoms in total. The molecule has 154 valence electrons. The van der Waals surface area contributed by atoms with Crippen LogP contribution in [0.1, 0.15) is 38.7 Å². The first kappa shape index (κ1) is 19.2. The molecule has 0 aliphatic heterocycles. The zero-order valence-corrected chi connectivity index (χ0v) is 17.3. The highest BCUT2D eigenvalue weighted by Crippen LogP contribution is 2.39. The lowest BCUT2D eigenvalue weighted by molar-refractivity contribution is 0.0972. The maximum Gasteiger partial charge on any atom is 0.285 e. The summed E-state index contributed by atoms with van der Waals surface area (Å²) < 4.78 is 0. The van der Waals surface area contributed by atoms with Crippen molar-refractivity contribution in [2.24, 2.45) is 0 Å². The molecule has 3 heterocycles. The molecule has 0 saturated carbocycles. The van der Waals surface area contributed by atoms with Crippen LogP contribution in [-0.4, -0.2) is 26.6 Å². The minimum absolute atomic E-state index is 0.133. The third kappa shape index (κ3) is 3.85. The van der Waals surface area contributed by atoms with E-state index in [0.717, 1.165) is 46.7 Å². The summed E-state index contributed by atoms with van der Waals surface area (Å²) in [4.78, 5) is 36.9. The van der Waals surface area contributed by atoms with E-state index in [0.29, 0.717) is 17.2 Å². The average Bonchev–Trinajstić information content (AvgIpc) is 3.44. The highest BCUT2D eigenvalue weighted by molar-refractivity contribution is 7.11. The number of para-hydroxylation sites is 1. The molecule has 0 fully saturated rings. The predicted molar refractivity (Wildman–Crippen MR) is 121 cm³/mol. The van der Waals surface area contributed by atoms with Gasteiger partial charge in [0.2, 0.25) is 0 Å². The molecule has 1 amide bonds. The number of aryl methyl sites for hydroxylation is 1. The summed E-state index contributed by atoms with van der Waals surface area (Å²) >= 11 is 1.27. The minimum Gasteiger partial charge on any atom is -0.356 e. The van der Waals surface area contributed by atoms with Crippen molar-refractivity contribution in [2.75, 3.05) is 10.6 Å². The number of amides is 1. The fraction of sp³-hybridized carbons (Fsp3) is 0.130. The van der Waals surface area contributed by atoms with Gasteiger partial charge in [-0.05, 0) is 37.1 Å². The first-order chi connectivity index (χ1) is 15.2. The Morgan fingerprint density at radius 2 is 1.94 bits per heavy atom. The van der Waals surface area contributed by atoms with Gasteiger partial charge in [0.25, 0.3) is 5.91 Å². The molecular formula is C23H19N5O2S. The highest BCUT2D eigenvalue weighted by atomic mass is 32.1. The maximum absolute atomic E-state index is 12.7. The number of benzene rings is 1. The molecule has 5 rings (SSSR count). The lowest BCUT2D eigenvalue weighted by Gasteiger charge is -2.14. The molecule has 0 spiro atoms. The zero-order valence-electron chi connectivity index (χ0n) is 16.5. The van der Waals surface area contributed by atoms with Gasteiger partial charge in [0.15, 0.2) is 10.8 Å². The van der Waals surface area contributed by atoms with E-state index in [4.69, 9.17) is 0 Å². The van der Waals surface area contributed by atoms with Crippen molar-refractivity contribution in [1.82, 2.24) is 15.0 Å². The van der Waals surface area contributed by atoms with Crippen LogP contribution >= 0.6 is 11.3 Å². The maximum atomic E-state index is 12.7. The summed E-state index contributed by atoms with van der Waals surface area (Å²) in [6.45, 7) is 0. The van der Waals surface area contributed by atoms with Gasteiger partial charge >= 0.3 is 0 Å². The molecule has 31 heavy (non-hydrogen) atoms. The van der Waals surface area contributed by atoms with Gasteiger partial charge < -0.3 is 15.6 Å². The van der Waals surface area contributed by atoms with Crippen LogP contribution in [0.2, 0.25) is 0 Å². The number of carbonyl (C=O) groups is 2. The lowest BCUT2D eigenvalue weighted by atomic mass is 9.95. The molecule has 3 N–H and O–H groups in total. The summed E-state index contributed by atoms with van der Waals surface area (Å²) in [5.41, 5.74) is 4.94. The van der Waals surface area contributed by atoms with Crippen LogP contribution in [0.3, 0.4) is 0 Å². The summed E-state index contributed by atoms with van der Waals surface area (Å²) in [6, 6.07) is 13.4. The van der Waals surface area contributed by atoms with Gasteiger partial charge in [-0.25, -0.2) is 9.97 Å². The molecule has 0 radical (unpaired) electrons. The van der Waals surface area contributed by atoms with Crippen molar-refractivity contribution in [2.45, 2.75) is 19.3 Å². The van der Waals surface area contributed by atoms with Gasteiger partial charge in [0, 0.05) is 41.1 Å². The van der Waals surface area contributed by atoms with E-state index in [9.17, 15) is 9.59 Å². The Hall–Kier alpha value is -3.78. The van der Waals surface area contributed by atoms with E-state index in [2.05, 4.69) is 25.6 Å². The van der Waals surface area contributed by atoms with E-state index < -0.39 is 0 Å². The summed E-state index contributed by atoms with van der Waals surface area (Å²) in [7, 11) is 0. The molecule has 3 aromatic heterocycles. The van der Waals surface area contributed by atoms with Gasteiger partial charge in [-0.3, -0.25) is 9.59 Å². The smallest absolute Gasteiger partial charge is 0.285 e. The third-order valence-electron chi connectivity index (χ3n) is 5.15. The first-order valence-electron chi connectivity index (χ1n) is 9.96. The first-order valence-corrected chi connectivity index (χ1v) is 10.8. The predicted octanol–water partition coefficient (Wildman–Crippen LogP) is 5.05. The van der Waals surface area contributed by atoms with Crippen LogP contribution in [0.5, 0.6) is 0 Å². The number of Topliss-reactive ketones (excluding diaryl/α,β-unsaturated/α-hetero) is 1. The summed E-state index contributed by atoms with van der Waals surface area (Å²) in [6.07, 6.45) is 5.43. The number of anilines is 3. The second-order valence-electron chi connectivity index (χ2n) is 7.22. The second-order valence-corrected chi connectivity index (χ2v) is 8.11. The average molecular weight is 430 g/mol. The monoisotopic (exact) mass is 429 g/mol. The van der Waals surface area contributed by atoms with Crippen molar-refractivity contribution in [3.05, 3.63) is 76.5 Å². The molecule has 4 aromatic rings. The number of H-pyrrole nitrogens is 1. The molecule has 0 bridgehead atoms. The number of aromatic amines is 1. The Labute approximate surface area is 182 Å². The Kier molecular flexibility index (Phi) is 5.05. The number of rotatable bonds is 5. The van der Waals surface area contributed by atoms with E-state index in [1.54, 1.807) is 23.8 Å². The van der Waals surface area contributed by atoms with Crippen LogP contribution < -0.4 is 10.6 Å². The van der Waals surface area contributed by atoms with Crippen molar-refractivity contribution >= 4 is 40.2 Å². The summed E-state index contributed by atoms with van der Waals surface area (Å²) in [5, 5.41) is 8.34. The molecule has 8 heteroatoms. The van der Waals surface area contributed by atoms with Gasteiger partial charge in [-0.2, -0.15) is 0 Å². The highest BCUT2D eigenvalue weighted by Gasteiger charge is 2.27. The number of fused-ring (bicyclic) bond motifs is 1. The zero-order chi connectivity index (χ0) is 21.2. The molecule has 0 saturated heterocycles. The molecular weight excluding hydrogens is 410 g/mol. The lowest BCUT2D eigenvalue weighted by Crippen LogP contribution is -2.12. The number of nitrogens with one attached hydrogen (secondary N) is 3. The number of thiazole rings is 1. The van der Waals surface area contributed by atoms with Crippen LogP contribution in [0.4, 0.5) is 17.2 Å².